The molecule has 2 heterocycles. The van der Waals surface area contributed by atoms with E-state index in [9.17, 15) is 4.79 Å². The quantitative estimate of drug-likeness (QED) is 0.433. The topological polar surface area (TPSA) is 73.9 Å². The monoisotopic (exact) mass is 438 g/mol. The third-order valence-corrected chi connectivity index (χ3v) is 4.72. The van der Waals surface area contributed by atoms with Crippen molar-refractivity contribution in [3.05, 3.63) is 75.6 Å². The first-order valence-corrected chi connectivity index (χ1v) is 9.24. The SMILES string of the molecule is COc1ccc(Br)cc1/C=C1\N=C(c2c(-c3ccccc3)noc2C)OC1=O. The number of esters is 1. The van der Waals surface area contributed by atoms with Crippen molar-refractivity contribution in [2.45, 2.75) is 6.92 Å². The number of cyclic esters (lactones) is 1. The number of aliphatic imine (C=N–C) groups is 1. The fraction of sp³-hybridized carbons (Fsp3) is 0.0952. The minimum Gasteiger partial charge on any atom is -0.496 e. The summed E-state index contributed by atoms with van der Waals surface area (Å²) in [5.41, 5.74) is 2.86. The molecule has 140 valence electrons. The number of hydrogen-bond donors (Lipinski definition) is 0. The van der Waals surface area contributed by atoms with Crippen molar-refractivity contribution in [3.8, 4) is 17.0 Å². The molecule has 0 radical (unpaired) electrons. The Labute approximate surface area is 169 Å². The number of carbonyl (C=O) groups excluding carboxylic acids is 1. The van der Waals surface area contributed by atoms with E-state index >= 15 is 0 Å². The molecule has 2 aromatic carbocycles. The molecule has 28 heavy (non-hydrogen) atoms. The molecule has 7 heteroatoms. The first kappa shape index (κ1) is 18.2. The number of nitrogens with zero attached hydrogens (tertiary/aromatic N) is 2. The predicted molar refractivity (Wildman–Crippen MR) is 108 cm³/mol. The van der Waals surface area contributed by atoms with E-state index in [1.165, 1.54) is 0 Å². The fourth-order valence-corrected chi connectivity index (χ4v) is 3.28. The average molecular weight is 439 g/mol. The van der Waals surface area contributed by atoms with Gasteiger partial charge in [0.15, 0.2) is 5.70 Å². The Kier molecular flexibility index (Phi) is 4.83. The molecule has 1 aliphatic heterocycles. The first-order chi connectivity index (χ1) is 13.6. The molecule has 1 aromatic heterocycles. The largest absolute Gasteiger partial charge is 0.496 e. The van der Waals surface area contributed by atoms with E-state index in [1.54, 1.807) is 26.2 Å². The normalized spacial score (nSPS) is 14.9. The number of methoxy groups -OCH3 is 1. The molecule has 0 N–H and O–H groups in total. The summed E-state index contributed by atoms with van der Waals surface area (Å²) >= 11 is 3.42. The number of halogens is 1. The summed E-state index contributed by atoms with van der Waals surface area (Å²) in [7, 11) is 1.57. The van der Waals surface area contributed by atoms with E-state index < -0.39 is 5.97 Å². The number of aryl methyl sites for hydroxylation is 1. The number of carbonyl (C=O) groups is 1. The van der Waals surface area contributed by atoms with Gasteiger partial charge in [-0.3, -0.25) is 0 Å². The summed E-state index contributed by atoms with van der Waals surface area (Å²) in [4.78, 5) is 16.8. The van der Waals surface area contributed by atoms with E-state index in [-0.39, 0.29) is 11.6 Å². The number of aromatic nitrogens is 1. The van der Waals surface area contributed by atoms with E-state index in [0.717, 1.165) is 10.0 Å². The molecule has 3 aromatic rings. The lowest BCUT2D eigenvalue weighted by molar-refractivity contribution is -0.129. The molecule has 0 bridgehead atoms. The lowest BCUT2D eigenvalue weighted by atomic mass is 10.1. The van der Waals surface area contributed by atoms with Crippen molar-refractivity contribution in [2.75, 3.05) is 7.11 Å². The van der Waals surface area contributed by atoms with Gasteiger partial charge in [0.25, 0.3) is 0 Å². The Balaban J connectivity index is 1.78. The maximum Gasteiger partial charge on any atom is 0.363 e. The summed E-state index contributed by atoms with van der Waals surface area (Å²) < 4.78 is 17.0. The molecule has 0 spiro atoms. The first-order valence-electron chi connectivity index (χ1n) is 8.45. The Bertz CT molecular complexity index is 1120. The standard InChI is InChI=1S/C21H15BrN2O4/c1-12-18(19(24-28-12)13-6-4-3-5-7-13)20-23-16(21(25)27-20)11-14-10-15(22)8-9-17(14)26-2/h3-11H,1-2H3/b16-11-. The summed E-state index contributed by atoms with van der Waals surface area (Å²) in [6.07, 6.45) is 1.63. The van der Waals surface area contributed by atoms with Crippen molar-refractivity contribution in [3.63, 3.8) is 0 Å². The lowest BCUT2D eigenvalue weighted by Gasteiger charge is -2.04. The second kappa shape index (κ2) is 7.44. The molecule has 0 aliphatic carbocycles. The van der Waals surface area contributed by atoms with E-state index in [1.807, 2.05) is 42.5 Å². The van der Waals surface area contributed by atoms with Gasteiger partial charge in [-0.25, -0.2) is 9.79 Å². The van der Waals surface area contributed by atoms with Crippen LogP contribution in [-0.2, 0) is 9.53 Å². The Hall–Kier alpha value is -3.19. The Morgan fingerprint density at radius 3 is 2.68 bits per heavy atom. The van der Waals surface area contributed by atoms with Gasteiger partial charge in [-0.2, -0.15) is 0 Å². The highest BCUT2D eigenvalue weighted by molar-refractivity contribution is 9.10. The number of ether oxygens (including phenoxy) is 2. The van der Waals surface area contributed by atoms with Crippen LogP contribution in [0.15, 0.2) is 68.2 Å². The van der Waals surface area contributed by atoms with Crippen LogP contribution in [0.4, 0.5) is 0 Å². The maximum absolute atomic E-state index is 12.4. The third kappa shape index (κ3) is 3.36. The summed E-state index contributed by atoms with van der Waals surface area (Å²) in [6.45, 7) is 1.75. The van der Waals surface area contributed by atoms with Gasteiger partial charge in [-0.05, 0) is 31.2 Å². The molecular formula is C21H15BrN2O4. The minimum absolute atomic E-state index is 0.169. The van der Waals surface area contributed by atoms with Crippen LogP contribution < -0.4 is 4.74 Å². The highest BCUT2D eigenvalue weighted by atomic mass is 79.9. The average Bonchev–Trinajstić information content (AvgIpc) is 3.25. The van der Waals surface area contributed by atoms with Gasteiger partial charge in [0.05, 0.1) is 7.11 Å². The molecule has 6 nitrogen and oxygen atoms in total. The highest BCUT2D eigenvalue weighted by Crippen LogP contribution is 2.31. The molecular weight excluding hydrogens is 424 g/mol. The number of rotatable bonds is 4. The van der Waals surface area contributed by atoms with E-state index in [0.29, 0.717) is 28.3 Å². The van der Waals surface area contributed by atoms with Crippen LogP contribution in [0, 0.1) is 6.92 Å². The number of benzene rings is 2. The van der Waals surface area contributed by atoms with Crippen LogP contribution in [0.25, 0.3) is 17.3 Å². The van der Waals surface area contributed by atoms with Gasteiger partial charge < -0.3 is 14.0 Å². The molecule has 0 atom stereocenters. The van der Waals surface area contributed by atoms with Crippen LogP contribution >= 0.6 is 15.9 Å². The van der Waals surface area contributed by atoms with Gasteiger partial charge in [-0.1, -0.05) is 51.4 Å². The van der Waals surface area contributed by atoms with E-state index in [2.05, 4.69) is 26.1 Å². The highest BCUT2D eigenvalue weighted by Gasteiger charge is 2.30. The smallest absolute Gasteiger partial charge is 0.363 e. The van der Waals surface area contributed by atoms with Crippen molar-refractivity contribution in [2.24, 2.45) is 4.99 Å². The van der Waals surface area contributed by atoms with Crippen molar-refractivity contribution < 1.29 is 18.8 Å². The van der Waals surface area contributed by atoms with Gasteiger partial charge in [0.1, 0.15) is 22.8 Å². The molecule has 0 saturated carbocycles. The molecule has 0 saturated heterocycles. The predicted octanol–water partition coefficient (Wildman–Crippen LogP) is 4.77. The van der Waals surface area contributed by atoms with Crippen molar-refractivity contribution in [1.29, 1.82) is 0 Å². The molecule has 0 amide bonds. The summed E-state index contributed by atoms with van der Waals surface area (Å²) in [5.74, 6) is 0.768. The zero-order valence-electron chi connectivity index (χ0n) is 15.1. The molecule has 1 aliphatic rings. The van der Waals surface area contributed by atoms with Crippen LogP contribution in [0.1, 0.15) is 16.9 Å². The third-order valence-electron chi connectivity index (χ3n) is 4.23. The van der Waals surface area contributed by atoms with Gasteiger partial charge in [0, 0.05) is 15.6 Å². The zero-order chi connectivity index (χ0) is 19.7. The minimum atomic E-state index is -0.545. The van der Waals surface area contributed by atoms with Gasteiger partial charge in [0.2, 0.25) is 5.90 Å². The van der Waals surface area contributed by atoms with Gasteiger partial charge in [-0.15, -0.1) is 0 Å². The zero-order valence-corrected chi connectivity index (χ0v) is 16.7. The van der Waals surface area contributed by atoms with Crippen LogP contribution in [0.5, 0.6) is 5.75 Å². The fourth-order valence-electron chi connectivity index (χ4n) is 2.90. The molecule has 4 rings (SSSR count). The Morgan fingerprint density at radius 2 is 1.93 bits per heavy atom. The van der Waals surface area contributed by atoms with Crippen molar-refractivity contribution in [1.82, 2.24) is 5.16 Å². The van der Waals surface area contributed by atoms with E-state index in [4.69, 9.17) is 14.0 Å². The van der Waals surface area contributed by atoms with Crippen LogP contribution in [0.2, 0.25) is 0 Å². The lowest BCUT2D eigenvalue weighted by Crippen LogP contribution is -2.07. The summed E-state index contributed by atoms with van der Waals surface area (Å²) in [6, 6.07) is 15.0. The molecule has 0 unspecified atom stereocenters. The second-order valence-electron chi connectivity index (χ2n) is 6.05. The molecule has 0 fully saturated rings. The summed E-state index contributed by atoms with van der Waals surface area (Å²) in [5, 5.41) is 4.11. The Morgan fingerprint density at radius 1 is 1.14 bits per heavy atom. The van der Waals surface area contributed by atoms with Crippen molar-refractivity contribution >= 4 is 33.9 Å². The van der Waals surface area contributed by atoms with Crippen LogP contribution in [0.3, 0.4) is 0 Å². The van der Waals surface area contributed by atoms with Crippen LogP contribution in [-0.4, -0.2) is 24.1 Å². The number of hydrogen-bond acceptors (Lipinski definition) is 6. The van der Waals surface area contributed by atoms with Gasteiger partial charge >= 0.3 is 5.97 Å². The second-order valence-corrected chi connectivity index (χ2v) is 6.97. The maximum atomic E-state index is 12.4.